The van der Waals surface area contributed by atoms with Crippen molar-refractivity contribution in [2.75, 3.05) is 32.7 Å². The Morgan fingerprint density at radius 3 is 2.52 bits per heavy atom. The van der Waals surface area contributed by atoms with Gasteiger partial charge in [-0.1, -0.05) is 20.8 Å². The lowest BCUT2D eigenvalue weighted by atomic mass is 9.95. The Morgan fingerprint density at radius 1 is 1.24 bits per heavy atom. The van der Waals surface area contributed by atoms with Crippen molar-refractivity contribution >= 4 is 27.7 Å². The minimum absolute atomic E-state index is 0.0778. The van der Waals surface area contributed by atoms with Crippen molar-refractivity contribution in [1.82, 2.24) is 19.5 Å². The Hall–Kier alpha value is -0.863. The van der Waals surface area contributed by atoms with Crippen molar-refractivity contribution in [1.29, 1.82) is 0 Å². The number of aromatic nitrogens is 2. The number of alkyl halides is 1. The highest BCUT2D eigenvalue weighted by Crippen LogP contribution is 2.52. The smallest absolute Gasteiger partial charge is 0.408 e. The number of nitrogens with zero attached hydrogens (tertiary/aromatic N) is 2. The number of halogens is 1. The van der Waals surface area contributed by atoms with E-state index in [1.807, 2.05) is 6.92 Å². The van der Waals surface area contributed by atoms with Crippen LogP contribution in [0.4, 0.5) is 0 Å². The number of hydrogen-bond acceptors (Lipinski definition) is 9. The molecule has 0 aromatic carbocycles. The lowest BCUT2D eigenvalue weighted by Gasteiger charge is -2.41. The van der Waals surface area contributed by atoms with Crippen LogP contribution in [-0.2, 0) is 27.5 Å². The minimum atomic E-state index is -3.79. The Kier molecular flexibility index (Phi) is 11.9. The van der Waals surface area contributed by atoms with Crippen LogP contribution in [0.2, 0.25) is 18.1 Å². The summed E-state index contributed by atoms with van der Waals surface area (Å²) in [6.45, 7) is 17.3. The van der Waals surface area contributed by atoms with Crippen molar-refractivity contribution in [2.45, 2.75) is 115 Å². The summed E-state index contributed by atoms with van der Waals surface area (Å²) in [7, 11) is -4.40. The lowest BCUT2D eigenvalue weighted by molar-refractivity contribution is -0.0943. The summed E-state index contributed by atoms with van der Waals surface area (Å²) in [4.78, 5) is 26.4. The van der Waals surface area contributed by atoms with Gasteiger partial charge < -0.3 is 13.9 Å². The van der Waals surface area contributed by atoms with E-state index in [4.69, 9.17) is 34.5 Å². The molecule has 0 spiro atoms. The standard InChI is InChI=1S/C27H50ClN4O8PSi/c1-19-17-27(5,6)30-23(38-19)11-15-36-41(35,31(7)14-12-28)37-18-21-20(40-42(8,9)26(2,3)4)16-24(39-21)32-13-10-22(33)29-25(32)34/h10,13,19-21,23-24,30H,11-12,14-18H2,1-9H3,(H,29,33,34)/t19?,20-,21+,23?,24+,41?/m0/s1. The van der Waals surface area contributed by atoms with Gasteiger partial charge in [0.15, 0.2) is 8.32 Å². The fourth-order valence-electron chi connectivity index (χ4n) is 4.99. The molecule has 0 amide bonds. The van der Waals surface area contributed by atoms with E-state index in [0.717, 1.165) is 6.42 Å². The molecule has 2 fully saturated rings. The minimum Gasteiger partial charge on any atom is -0.411 e. The van der Waals surface area contributed by atoms with E-state index in [1.54, 1.807) is 7.05 Å². The van der Waals surface area contributed by atoms with E-state index >= 15 is 0 Å². The SMILES string of the molecule is CC1CC(C)(C)NC(CCOP(=O)(OC[C@H]2O[C@@H](n3ccc(=O)[nH]c3=O)C[C@@H]2O[Si](C)(C)C(C)(C)C)N(C)CCCl)O1. The molecule has 0 bridgehead atoms. The first-order valence-electron chi connectivity index (χ1n) is 14.6. The molecule has 42 heavy (non-hydrogen) atoms. The van der Waals surface area contributed by atoms with Gasteiger partial charge in [0, 0.05) is 43.1 Å². The summed E-state index contributed by atoms with van der Waals surface area (Å²) in [5.74, 6) is 0.237. The Labute approximate surface area is 255 Å². The molecular formula is C27H50ClN4O8PSi. The Bertz CT molecular complexity index is 1210. The van der Waals surface area contributed by atoms with Crippen molar-refractivity contribution < 1.29 is 27.5 Å². The summed E-state index contributed by atoms with van der Waals surface area (Å²) in [6.07, 6.45) is 1.19. The first-order valence-corrected chi connectivity index (χ1v) is 19.5. The van der Waals surface area contributed by atoms with Gasteiger partial charge in [0.1, 0.15) is 18.6 Å². The molecule has 0 aliphatic carbocycles. The van der Waals surface area contributed by atoms with Crippen LogP contribution in [0.3, 0.4) is 0 Å². The molecule has 2 aliphatic rings. The number of ether oxygens (including phenoxy) is 2. The van der Waals surface area contributed by atoms with Crippen LogP contribution in [-0.4, -0.2) is 85.3 Å². The molecule has 0 saturated carbocycles. The van der Waals surface area contributed by atoms with E-state index < -0.39 is 45.7 Å². The van der Waals surface area contributed by atoms with Gasteiger partial charge in [-0.3, -0.25) is 28.7 Å². The molecule has 0 radical (unpaired) electrons. The number of nitrogens with one attached hydrogen (secondary N) is 2. The zero-order valence-electron chi connectivity index (χ0n) is 26.5. The average molecular weight is 653 g/mol. The zero-order valence-corrected chi connectivity index (χ0v) is 29.1. The molecule has 2 saturated heterocycles. The quantitative estimate of drug-likeness (QED) is 0.179. The lowest BCUT2D eigenvalue weighted by Crippen LogP contribution is -2.55. The van der Waals surface area contributed by atoms with Crippen molar-refractivity contribution in [3.63, 3.8) is 0 Å². The third kappa shape index (κ3) is 9.32. The monoisotopic (exact) mass is 652 g/mol. The molecule has 1 aromatic heterocycles. The Balaban J connectivity index is 1.76. The molecule has 2 aliphatic heterocycles. The van der Waals surface area contributed by atoms with E-state index in [-0.39, 0.29) is 48.5 Å². The Morgan fingerprint density at radius 2 is 1.93 bits per heavy atom. The van der Waals surface area contributed by atoms with Crippen LogP contribution in [0.5, 0.6) is 0 Å². The van der Waals surface area contributed by atoms with Crippen molar-refractivity contribution in [2.24, 2.45) is 0 Å². The van der Waals surface area contributed by atoms with Crippen LogP contribution < -0.4 is 16.6 Å². The predicted octanol–water partition coefficient (Wildman–Crippen LogP) is 4.42. The number of aromatic amines is 1. The van der Waals surface area contributed by atoms with Crippen LogP contribution in [0, 0.1) is 0 Å². The summed E-state index contributed by atoms with van der Waals surface area (Å²) in [6, 6.07) is 1.27. The topological polar surface area (TPSA) is 133 Å². The van der Waals surface area contributed by atoms with Gasteiger partial charge in [-0.25, -0.2) is 14.0 Å². The highest BCUT2D eigenvalue weighted by Gasteiger charge is 2.46. The highest BCUT2D eigenvalue weighted by molar-refractivity contribution is 7.51. The molecule has 3 unspecified atom stereocenters. The molecule has 2 N–H and O–H groups in total. The first-order chi connectivity index (χ1) is 19.4. The second kappa shape index (κ2) is 14.1. The number of H-pyrrole nitrogens is 1. The maximum Gasteiger partial charge on any atom is 0.408 e. The summed E-state index contributed by atoms with van der Waals surface area (Å²) >= 11 is 5.98. The normalized spacial score (nSPS) is 28.2. The third-order valence-corrected chi connectivity index (χ3v) is 14.9. The third-order valence-electron chi connectivity index (χ3n) is 8.20. The molecule has 15 heteroatoms. The first kappa shape index (κ1) is 35.6. The summed E-state index contributed by atoms with van der Waals surface area (Å²) in [5, 5.41) is 3.38. The second-order valence-electron chi connectivity index (χ2n) is 13.4. The van der Waals surface area contributed by atoms with Gasteiger partial charge in [0.25, 0.3) is 5.56 Å². The van der Waals surface area contributed by atoms with Gasteiger partial charge in [-0.05, 0) is 52.4 Å². The molecular weight excluding hydrogens is 603 g/mol. The number of hydrogen-bond donors (Lipinski definition) is 2. The number of rotatable bonds is 13. The average Bonchev–Trinajstić information content (AvgIpc) is 3.22. The molecule has 3 heterocycles. The summed E-state index contributed by atoms with van der Waals surface area (Å²) in [5.41, 5.74) is -1.15. The van der Waals surface area contributed by atoms with E-state index in [0.29, 0.717) is 12.8 Å². The maximum absolute atomic E-state index is 14.1. The molecule has 242 valence electrons. The predicted molar refractivity (Wildman–Crippen MR) is 166 cm³/mol. The second-order valence-corrected chi connectivity index (χ2v) is 20.7. The summed E-state index contributed by atoms with van der Waals surface area (Å²) < 4.78 is 47.9. The van der Waals surface area contributed by atoms with Crippen molar-refractivity contribution in [3.05, 3.63) is 33.1 Å². The van der Waals surface area contributed by atoms with Gasteiger partial charge in [0.05, 0.1) is 25.4 Å². The van der Waals surface area contributed by atoms with Crippen LogP contribution in [0.15, 0.2) is 21.9 Å². The molecule has 12 nitrogen and oxygen atoms in total. The van der Waals surface area contributed by atoms with Gasteiger partial charge in [-0.2, -0.15) is 0 Å². The zero-order chi connectivity index (χ0) is 31.5. The van der Waals surface area contributed by atoms with E-state index in [9.17, 15) is 14.2 Å². The van der Waals surface area contributed by atoms with Crippen LogP contribution in [0.25, 0.3) is 0 Å². The fraction of sp³-hybridized carbons (Fsp3) is 0.852. The van der Waals surface area contributed by atoms with Gasteiger partial charge in [-0.15, -0.1) is 11.6 Å². The molecule has 3 rings (SSSR count). The fourth-order valence-corrected chi connectivity index (χ4v) is 8.21. The maximum atomic E-state index is 14.1. The molecule has 1 aromatic rings. The van der Waals surface area contributed by atoms with Crippen LogP contribution >= 0.6 is 19.3 Å². The largest absolute Gasteiger partial charge is 0.411 e. The highest BCUT2D eigenvalue weighted by atomic mass is 35.5. The molecule has 6 atom stereocenters. The van der Waals surface area contributed by atoms with Gasteiger partial charge >= 0.3 is 13.4 Å². The van der Waals surface area contributed by atoms with Gasteiger partial charge in [0.2, 0.25) is 0 Å². The van der Waals surface area contributed by atoms with E-state index in [1.165, 1.54) is 21.5 Å². The van der Waals surface area contributed by atoms with Crippen LogP contribution in [0.1, 0.15) is 67.0 Å². The van der Waals surface area contributed by atoms with Crippen molar-refractivity contribution in [3.8, 4) is 0 Å². The van der Waals surface area contributed by atoms with E-state index in [2.05, 4.69) is 58.0 Å².